The second-order valence-corrected chi connectivity index (χ2v) is 6.89. The number of nitrogens with zero attached hydrogens (tertiary/aromatic N) is 1. The monoisotopic (exact) mass is 332 g/mol. The average molecular weight is 332 g/mol. The maximum Gasteiger partial charge on any atom is 0.307 e. The Balaban J connectivity index is 3.12. The van der Waals surface area contributed by atoms with Crippen LogP contribution in [0.2, 0.25) is 0 Å². The first-order chi connectivity index (χ1) is 10.1. The van der Waals surface area contributed by atoms with Crippen LogP contribution >= 0.6 is 0 Å². The molecule has 0 saturated carbocycles. The molecule has 0 aliphatic heterocycles. The van der Waals surface area contributed by atoms with E-state index in [0.717, 1.165) is 22.5 Å². The molecule has 1 aromatic carbocycles. The molecule has 0 saturated heterocycles. The average Bonchev–Trinajstić information content (AvgIpc) is 2.40. The molecule has 1 unspecified atom stereocenters. The van der Waals surface area contributed by atoms with Crippen LogP contribution in [0.1, 0.15) is 13.8 Å². The molecule has 0 aliphatic rings. The van der Waals surface area contributed by atoms with Crippen molar-refractivity contribution in [3.05, 3.63) is 24.0 Å². The number of anilines is 1. The van der Waals surface area contributed by atoms with Gasteiger partial charge >= 0.3 is 5.97 Å². The van der Waals surface area contributed by atoms with Crippen molar-refractivity contribution in [1.29, 1.82) is 0 Å². The lowest BCUT2D eigenvalue weighted by molar-refractivity contribution is -0.141. The molecule has 1 aromatic rings. The number of benzene rings is 1. The number of carboxylic acid groups (broad SMARTS) is 1. The van der Waals surface area contributed by atoms with Gasteiger partial charge in [-0.2, -0.15) is 0 Å². The van der Waals surface area contributed by atoms with Crippen molar-refractivity contribution in [1.82, 2.24) is 4.31 Å². The van der Waals surface area contributed by atoms with Crippen molar-refractivity contribution in [3.8, 4) is 0 Å². The highest BCUT2D eigenvalue weighted by Gasteiger charge is 2.25. The van der Waals surface area contributed by atoms with Crippen molar-refractivity contribution in [2.24, 2.45) is 5.92 Å². The topological polar surface area (TPSA) is 104 Å². The largest absolute Gasteiger partial charge is 0.481 e. The highest BCUT2D eigenvalue weighted by molar-refractivity contribution is 7.89. The van der Waals surface area contributed by atoms with E-state index >= 15 is 0 Å². The number of hydrogen-bond donors (Lipinski definition) is 2. The van der Waals surface area contributed by atoms with Crippen molar-refractivity contribution in [3.63, 3.8) is 0 Å². The summed E-state index contributed by atoms with van der Waals surface area (Å²) in [4.78, 5) is 21.5. The lowest BCUT2D eigenvalue weighted by Gasteiger charge is -2.19. The summed E-state index contributed by atoms with van der Waals surface area (Å²) in [7, 11) is -2.76. The lowest BCUT2D eigenvalue weighted by Crippen LogP contribution is -2.33. The number of carboxylic acids is 1. The lowest BCUT2D eigenvalue weighted by atomic mass is 10.2. The zero-order chi connectivity index (χ0) is 17.1. The van der Waals surface area contributed by atoms with Gasteiger partial charge in [-0.1, -0.05) is 6.92 Å². The van der Waals surface area contributed by atoms with Gasteiger partial charge in [-0.25, -0.2) is 17.1 Å². The van der Waals surface area contributed by atoms with Gasteiger partial charge in [0.2, 0.25) is 15.9 Å². The molecule has 2 N–H and O–H groups in total. The molecule has 1 amide bonds. The van der Waals surface area contributed by atoms with Crippen LogP contribution in [0.4, 0.5) is 10.1 Å². The molecule has 1 rings (SSSR count). The minimum Gasteiger partial charge on any atom is -0.481 e. The van der Waals surface area contributed by atoms with Crippen LogP contribution < -0.4 is 5.32 Å². The molecule has 0 aromatic heterocycles. The van der Waals surface area contributed by atoms with Crippen molar-refractivity contribution in [2.75, 3.05) is 18.9 Å². The van der Waals surface area contributed by atoms with Crippen LogP contribution in [0.15, 0.2) is 23.1 Å². The number of carbonyl (C=O) groups is 2. The van der Waals surface area contributed by atoms with Gasteiger partial charge in [-0.3, -0.25) is 9.59 Å². The Morgan fingerprint density at radius 3 is 2.50 bits per heavy atom. The van der Waals surface area contributed by atoms with Crippen LogP contribution in [-0.4, -0.2) is 43.3 Å². The van der Waals surface area contributed by atoms with E-state index in [1.165, 1.54) is 20.9 Å². The van der Waals surface area contributed by atoms with E-state index in [1.807, 2.05) is 0 Å². The van der Waals surface area contributed by atoms with Crippen molar-refractivity contribution >= 4 is 27.6 Å². The number of halogens is 1. The number of nitrogens with one attached hydrogen (secondary N) is 1. The highest BCUT2D eigenvalue weighted by atomic mass is 32.2. The molecule has 22 heavy (non-hydrogen) atoms. The highest BCUT2D eigenvalue weighted by Crippen LogP contribution is 2.22. The van der Waals surface area contributed by atoms with E-state index in [0.29, 0.717) is 0 Å². The van der Waals surface area contributed by atoms with E-state index in [2.05, 4.69) is 5.32 Å². The smallest absolute Gasteiger partial charge is 0.307 e. The second-order valence-electron chi connectivity index (χ2n) is 4.85. The molecular formula is C13H17FN2O5S. The molecule has 0 fully saturated rings. The number of rotatable bonds is 6. The molecule has 0 bridgehead atoms. The van der Waals surface area contributed by atoms with E-state index in [9.17, 15) is 22.4 Å². The Morgan fingerprint density at radius 2 is 2.00 bits per heavy atom. The van der Waals surface area contributed by atoms with Crippen molar-refractivity contribution < 1.29 is 27.5 Å². The van der Waals surface area contributed by atoms with Gasteiger partial charge in [-0.05, 0) is 18.2 Å². The summed E-state index contributed by atoms with van der Waals surface area (Å²) in [6.07, 6.45) is 0. The van der Waals surface area contributed by atoms with Gasteiger partial charge in [0.1, 0.15) is 5.82 Å². The molecular weight excluding hydrogens is 315 g/mol. The Labute approximate surface area is 127 Å². The van der Waals surface area contributed by atoms with Crippen molar-refractivity contribution in [2.45, 2.75) is 18.7 Å². The third-order valence-corrected chi connectivity index (χ3v) is 4.73. The van der Waals surface area contributed by atoms with Gasteiger partial charge in [0.25, 0.3) is 0 Å². The number of sulfonamides is 1. The second kappa shape index (κ2) is 6.84. The van der Waals surface area contributed by atoms with Crippen LogP contribution in [0.5, 0.6) is 0 Å². The fourth-order valence-electron chi connectivity index (χ4n) is 1.69. The Hall–Kier alpha value is -2.00. The van der Waals surface area contributed by atoms with E-state index in [1.54, 1.807) is 0 Å². The van der Waals surface area contributed by atoms with E-state index in [-0.39, 0.29) is 17.1 Å². The summed E-state index contributed by atoms with van der Waals surface area (Å²) in [5, 5.41) is 11.0. The molecule has 0 spiro atoms. The predicted octanol–water partition coefficient (Wildman–Crippen LogP) is 1.13. The molecule has 0 heterocycles. The fraction of sp³-hybridized carbons (Fsp3) is 0.385. The SMILES string of the molecule is CC(=O)Nc1cc(S(=O)(=O)N(C)CC(C)C(=O)O)ccc1F. The predicted molar refractivity (Wildman–Crippen MR) is 77.3 cm³/mol. The van der Waals surface area contributed by atoms with Crippen LogP contribution in [0.25, 0.3) is 0 Å². The van der Waals surface area contributed by atoms with E-state index < -0.39 is 33.6 Å². The maximum atomic E-state index is 13.5. The number of amides is 1. The first-order valence-corrected chi connectivity index (χ1v) is 7.76. The quantitative estimate of drug-likeness (QED) is 0.812. The maximum absolute atomic E-state index is 13.5. The molecule has 0 radical (unpaired) electrons. The zero-order valence-corrected chi connectivity index (χ0v) is 13.1. The van der Waals surface area contributed by atoms with Gasteiger partial charge in [-0.15, -0.1) is 0 Å². The molecule has 7 nitrogen and oxygen atoms in total. The minimum atomic E-state index is -3.99. The third kappa shape index (κ3) is 4.25. The summed E-state index contributed by atoms with van der Waals surface area (Å²) >= 11 is 0. The first-order valence-electron chi connectivity index (χ1n) is 6.32. The standard InChI is InChI=1S/C13H17FN2O5S/c1-8(13(18)19)7-16(3)22(20,21)10-4-5-11(14)12(6-10)15-9(2)17/h4-6,8H,7H2,1-3H3,(H,15,17)(H,18,19). The molecule has 1 atom stereocenters. The fourth-order valence-corrected chi connectivity index (χ4v) is 2.98. The number of aliphatic carboxylic acids is 1. The summed E-state index contributed by atoms with van der Waals surface area (Å²) in [6, 6.07) is 2.97. The molecule has 122 valence electrons. The van der Waals surface area contributed by atoms with Gasteiger partial charge < -0.3 is 10.4 Å². The normalized spacial score (nSPS) is 13.0. The van der Waals surface area contributed by atoms with Crippen LogP contribution in [-0.2, 0) is 19.6 Å². The van der Waals surface area contributed by atoms with Gasteiger partial charge in [0, 0.05) is 20.5 Å². The third-order valence-electron chi connectivity index (χ3n) is 2.91. The minimum absolute atomic E-state index is 0.232. The first kappa shape index (κ1) is 18.1. The zero-order valence-electron chi connectivity index (χ0n) is 12.3. The number of hydrogen-bond acceptors (Lipinski definition) is 4. The van der Waals surface area contributed by atoms with Crippen LogP contribution in [0, 0.1) is 11.7 Å². The molecule has 9 heteroatoms. The summed E-state index contributed by atoms with van der Waals surface area (Å²) in [6.45, 7) is 2.31. The molecule has 0 aliphatic carbocycles. The summed E-state index contributed by atoms with van der Waals surface area (Å²) < 4.78 is 39.1. The van der Waals surface area contributed by atoms with Gasteiger partial charge in [0.15, 0.2) is 0 Å². The number of carbonyl (C=O) groups excluding carboxylic acids is 1. The van der Waals surface area contributed by atoms with Gasteiger partial charge in [0.05, 0.1) is 16.5 Å². The van der Waals surface area contributed by atoms with E-state index in [4.69, 9.17) is 5.11 Å². The Morgan fingerprint density at radius 1 is 1.41 bits per heavy atom. The Bertz CT molecular complexity index is 690. The Kier molecular flexibility index (Phi) is 5.61. The summed E-state index contributed by atoms with van der Waals surface area (Å²) in [5.74, 6) is -3.33. The van der Waals surface area contributed by atoms with Crippen LogP contribution in [0.3, 0.4) is 0 Å². The summed E-state index contributed by atoms with van der Waals surface area (Å²) in [5.41, 5.74) is -0.256.